The first kappa shape index (κ1) is 17.9. The number of aryl methyl sites for hydroxylation is 1. The van der Waals surface area contributed by atoms with Crippen LogP contribution in [-0.4, -0.2) is 22.3 Å². The highest BCUT2D eigenvalue weighted by Gasteiger charge is 2.24. The minimum atomic E-state index is 0.261. The number of halogens is 1. The molecule has 23 heavy (non-hydrogen) atoms. The lowest BCUT2D eigenvalue weighted by atomic mass is 9.97. The largest absolute Gasteiger partial charge is 0.272 e. The third kappa shape index (κ3) is 5.03. The van der Waals surface area contributed by atoms with Gasteiger partial charge in [-0.15, -0.1) is 0 Å². The quantitative estimate of drug-likeness (QED) is 0.538. The first-order valence-corrected chi connectivity index (χ1v) is 8.68. The van der Waals surface area contributed by atoms with Crippen molar-refractivity contribution >= 4 is 24.2 Å². The smallest absolute Gasteiger partial charge is 0.130 e. The summed E-state index contributed by atoms with van der Waals surface area (Å²) in [5.41, 5.74) is 2.49. The zero-order chi connectivity index (χ0) is 17.0. The van der Waals surface area contributed by atoms with E-state index in [4.69, 9.17) is 11.6 Å². The van der Waals surface area contributed by atoms with Gasteiger partial charge in [-0.05, 0) is 43.4 Å². The Morgan fingerprint density at radius 2 is 2.17 bits per heavy atom. The van der Waals surface area contributed by atoms with E-state index < -0.39 is 0 Å². The van der Waals surface area contributed by atoms with E-state index in [0.29, 0.717) is 17.4 Å². The van der Waals surface area contributed by atoms with Crippen molar-refractivity contribution in [1.82, 2.24) is 9.78 Å². The SMILES string of the molecule is C=NC(=N/C=C(/Cl)Cc1cnn(C)c1CC1CC1)[C@@H](C)C(C)C. The van der Waals surface area contributed by atoms with E-state index in [0.717, 1.165) is 18.2 Å². The number of allylic oxidation sites excluding steroid dienone is 1. The highest BCUT2D eigenvalue weighted by molar-refractivity contribution is 6.29. The monoisotopic (exact) mass is 334 g/mol. The molecule has 1 aliphatic rings. The number of nitrogens with zero attached hydrogens (tertiary/aromatic N) is 4. The minimum Gasteiger partial charge on any atom is -0.272 e. The molecule has 0 spiro atoms. The lowest BCUT2D eigenvalue weighted by Crippen LogP contribution is -2.14. The molecule has 2 rings (SSSR count). The first-order valence-electron chi connectivity index (χ1n) is 8.31. The maximum atomic E-state index is 6.39. The van der Waals surface area contributed by atoms with Crippen LogP contribution >= 0.6 is 11.6 Å². The molecule has 0 N–H and O–H groups in total. The van der Waals surface area contributed by atoms with Gasteiger partial charge in [0.15, 0.2) is 0 Å². The number of hydrogen-bond donors (Lipinski definition) is 0. The van der Waals surface area contributed by atoms with Crippen molar-refractivity contribution in [3.8, 4) is 0 Å². The molecule has 0 bridgehead atoms. The van der Waals surface area contributed by atoms with Crippen LogP contribution in [0.4, 0.5) is 0 Å². The fraction of sp³-hybridized carbons (Fsp3) is 0.611. The topological polar surface area (TPSA) is 42.5 Å². The number of aliphatic imine (C=N–C) groups is 2. The summed E-state index contributed by atoms with van der Waals surface area (Å²) in [5.74, 6) is 2.29. The fourth-order valence-corrected chi connectivity index (χ4v) is 2.67. The molecule has 1 aliphatic carbocycles. The van der Waals surface area contributed by atoms with Gasteiger partial charge in [0.1, 0.15) is 5.84 Å². The summed E-state index contributed by atoms with van der Waals surface area (Å²) in [6.07, 6.45) is 8.06. The normalized spacial score (nSPS) is 17.7. The molecule has 1 atom stereocenters. The van der Waals surface area contributed by atoms with E-state index in [2.05, 4.69) is 42.6 Å². The van der Waals surface area contributed by atoms with Crippen LogP contribution in [-0.2, 0) is 19.9 Å². The molecular weight excluding hydrogens is 308 g/mol. The number of amidine groups is 1. The summed E-state index contributed by atoms with van der Waals surface area (Å²) < 4.78 is 1.97. The first-order chi connectivity index (χ1) is 10.9. The molecule has 1 saturated carbocycles. The molecule has 0 radical (unpaired) electrons. The highest BCUT2D eigenvalue weighted by Crippen LogP contribution is 2.33. The fourth-order valence-electron chi connectivity index (χ4n) is 2.48. The summed E-state index contributed by atoms with van der Waals surface area (Å²) >= 11 is 6.39. The van der Waals surface area contributed by atoms with Gasteiger partial charge in [-0.3, -0.25) is 4.68 Å². The van der Waals surface area contributed by atoms with E-state index in [1.54, 1.807) is 6.20 Å². The average Bonchev–Trinajstić information content (AvgIpc) is 3.27. The van der Waals surface area contributed by atoms with Gasteiger partial charge in [0.2, 0.25) is 0 Å². The molecule has 126 valence electrons. The Bertz CT molecular complexity index is 609. The molecule has 4 nitrogen and oxygen atoms in total. The summed E-state index contributed by atoms with van der Waals surface area (Å²) in [4.78, 5) is 8.47. The van der Waals surface area contributed by atoms with Gasteiger partial charge in [0.25, 0.3) is 0 Å². The van der Waals surface area contributed by atoms with Gasteiger partial charge in [-0.2, -0.15) is 5.10 Å². The number of aromatic nitrogens is 2. The van der Waals surface area contributed by atoms with Gasteiger partial charge >= 0.3 is 0 Å². The van der Waals surface area contributed by atoms with E-state index >= 15 is 0 Å². The van der Waals surface area contributed by atoms with Crippen LogP contribution in [0.1, 0.15) is 44.9 Å². The standard InChI is InChI=1S/C18H27ClN4/c1-12(2)13(3)18(20-4)21-11-16(19)9-15-10-22-23(5)17(15)8-14-6-7-14/h10-14H,4,6-9H2,1-3,5H3/b16-11+,21-18?/t13-/m0/s1. The Balaban J connectivity index is 2.08. The van der Waals surface area contributed by atoms with Crippen LogP contribution in [0.3, 0.4) is 0 Å². The second-order valence-electron chi connectivity index (χ2n) is 6.82. The third-order valence-electron chi connectivity index (χ3n) is 4.59. The summed E-state index contributed by atoms with van der Waals surface area (Å²) in [6, 6.07) is 0. The predicted octanol–water partition coefficient (Wildman–Crippen LogP) is 4.39. The van der Waals surface area contributed by atoms with Crippen molar-refractivity contribution in [3.05, 3.63) is 28.7 Å². The van der Waals surface area contributed by atoms with Crippen LogP contribution in [0.5, 0.6) is 0 Å². The molecule has 1 fully saturated rings. The molecule has 0 unspecified atom stereocenters. The predicted molar refractivity (Wildman–Crippen MR) is 98.3 cm³/mol. The van der Waals surface area contributed by atoms with Crippen molar-refractivity contribution in [2.24, 2.45) is 34.8 Å². The lowest BCUT2D eigenvalue weighted by Gasteiger charge is -2.13. The van der Waals surface area contributed by atoms with Crippen molar-refractivity contribution < 1.29 is 0 Å². The second-order valence-corrected chi connectivity index (χ2v) is 7.30. The Labute approximate surface area is 144 Å². The molecule has 0 saturated heterocycles. The van der Waals surface area contributed by atoms with Crippen molar-refractivity contribution in [2.75, 3.05) is 0 Å². The second kappa shape index (κ2) is 7.91. The average molecular weight is 335 g/mol. The summed E-state index contributed by atoms with van der Waals surface area (Å²) in [5, 5.41) is 5.08. The minimum absolute atomic E-state index is 0.261. The van der Waals surface area contributed by atoms with Crippen LogP contribution in [0.2, 0.25) is 0 Å². The number of rotatable bonds is 7. The maximum Gasteiger partial charge on any atom is 0.130 e. The van der Waals surface area contributed by atoms with Gasteiger partial charge < -0.3 is 0 Å². The zero-order valence-corrected chi connectivity index (χ0v) is 15.3. The van der Waals surface area contributed by atoms with Crippen molar-refractivity contribution in [1.29, 1.82) is 0 Å². The van der Waals surface area contributed by atoms with Crippen LogP contribution in [0.15, 0.2) is 27.4 Å². The van der Waals surface area contributed by atoms with Crippen LogP contribution in [0.25, 0.3) is 0 Å². The Kier molecular flexibility index (Phi) is 6.17. The van der Waals surface area contributed by atoms with Gasteiger partial charge in [0, 0.05) is 36.3 Å². The van der Waals surface area contributed by atoms with Gasteiger partial charge in [-0.25, -0.2) is 9.98 Å². The lowest BCUT2D eigenvalue weighted by molar-refractivity contribution is 0.529. The third-order valence-corrected chi connectivity index (χ3v) is 4.82. The van der Waals surface area contributed by atoms with E-state index in [1.165, 1.54) is 24.1 Å². The Hall–Kier alpha value is -1.42. The maximum absolute atomic E-state index is 6.39. The van der Waals surface area contributed by atoms with Gasteiger partial charge in [0.05, 0.1) is 6.20 Å². The molecule has 0 aromatic carbocycles. The summed E-state index contributed by atoms with van der Waals surface area (Å²) in [6.45, 7) is 10.0. The van der Waals surface area contributed by atoms with E-state index in [9.17, 15) is 0 Å². The molecule has 1 heterocycles. The van der Waals surface area contributed by atoms with E-state index in [-0.39, 0.29) is 5.92 Å². The van der Waals surface area contributed by atoms with Crippen LogP contribution in [0, 0.1) is 17.8 Å². The van der Waals surface area contributed by atoms with E-state index in [1.807, 2.05) is 17.9 Å². The van der Waals surface area contributed by atoms with Crippen molar-refractivity contribution in [3.63, 3.8) is 0 Å². The molecule has 1 aromatic heterocycles. The zero-order valence-electron chi connectivity index (χ0n) is 14.6. The molecule has 1 aromatic rings. The van der Waals surface area contributed by atoms with Gasteiger partial charge in [-0.1, -0.05) is 32.4 Å². The highest BCUT2D eigenvalue weighted by atomic mass is 35.5. The molecule has 0 amide bonds. The van der Waals surface area contributed by atoms with Crippen molar-refractivity contribution in [2.45, 2.75) is 46.5 Å². The number of hydrogen-bond acceptors (Lipinski definition) is 2. The Morgan fingerprint density at radius 1 is 1.48 bits per heavy atom. The molecule has 0 aliphatic heterocycles. The summed E-state index contributed by atoms with van der Waals surface area (Å²) in [7, 11) is 2.00. The molecule has 5 heteroatoms. The molecular formula is C18H27ClN4. The Morgan fingerprint density at radius 3 is 2.74 bits per heavy atom. The van der Waals surface area contributed by atoms with Crippen LogP contribution < -0.4 is 0 Å².